The molecule has 0 atom stereocenters. The lowest BCUT2D eigenvalue weighted by molar-refractivity contribution is 0.0994. The fraction of sp³-hybridized carbons (Fsp3) is 0.105. The molecule has 9 heteroatoms. The number of nitrogens with one attached hydrogen (secondary N) is 1. The molecule has 1 aromatic carbocycles. The molecule has 3 aromatic heterocycles. The van der Waals surface area contributed by atoms with Crippen molar-refractivity contribution >= 4 is 34.8 Å². The van der Waals surface area contributed by atoms with Crippen LogP contribution in [0, 0.1) is 0 Å². The van der Waals surface area contributed by atoms with Crippen LogP contribution in [0.3, 0.4) is 0 Å². The number of carbonyl (C=O) groups is 1. The van der Waals surface area contributed by atoms with Crippen molar-refractivity contribution in [2.75, 3.05) is 5.32 Å². The molecule has 0 saturated heterocycles. The first-order valence-electron chi connectivity index (χ1n) is 8.41. The van der Waals surface area contributed by atoms with Crippen LogP contribution in [0.1, 0.15) is 21.9 Å². The number of hydrogen-bond acceptors (Lipinski definition) is 4. The molecule has 28 heavy (non-hydrogen) atoms. The maximum atomic E-state index is 12.4. The summed E-state index contributed by atoms with van der Waals surface area (Å²) in [7, 11) is 0. The lowest BCUT2D eigenvalue weighted by atomic mass is 10.2. The minimum atomic E-state index is -0.359. The third kappa shape index (κ3) is 4.11. The Morgan fingerprint density at radius 3 is 2.61 bits per heavy atom. The average Bonchev–Trinajstić information content (AvgIpc) is 3.41. The Labute approximate surface area is 170 Å². The fourth-order valence-electron chi connectivity index (χ4n) is 2.69. The van der Waals surface area contributed by atoms with Gasteiger partial charge >= 0.3 is 0 Å². The number of aromatic nitrogens is 4. The topological polar surface area (TPSA) is 77.9 Å². The Morgan fingerprint density at radius 2 is 1.86 bits per heavy atom. The Morgan fingerprint density at radius 1 is 1.04 bits per heavy atom. The number of carbonyl (C=O) groups excluding carboxylic acids is 1. The second-order valence-electron chi connectivity index (χ2n) is 6.05. The summed E-state index contributed by atoms with van der Waals surface area (Å²) in [5.41, 5.74) is 1.30. The summed E-state index contributed by atoms with van der Waals surface area (Å²) >= 11 is 12.4. The Hall–Kier alpha value is -3.03. The van der Waals surface area contributed by atoms with Gasteiger partial charge in [0.2, 0.25) is 0 Å². The van der Waals surface area contributed by atoms with E-state index in [0.717, 1.165) is 5.56 Å². The molecule has 3 heterocycles. The van der Waals surface area contributed by atoms with Gasteiger partial charge in [-0.3, -0.25) is 14.2 Å². The first kappa shape index (κ1) is 18.3. The van der Waals surface area contributed by atoms with Crippen molar-refractivity contribution < 1.29 is 9.21 Å². The first-order chi connectivity index (χ1) is 13.6. The van der Waals surface area contributed by atoms with E-state index in [1.165, 1.54) is 0 Å². The van der Waals surface area contributed by atoms with Gasteiger partial charge in [-0.25, -0.2) is 0 Å². The van der Waals surface area contributed by atoms with Crippen molar-refractivity contribution in [2.24, 2.45) is 0 Å². The fourth-order valence-corrected chi connectivity index (χ4v) is 3.21. The summed E-state index contributed by atoms with van der Waals surface area (Å²) in [5.74, 6) is 0.490. The second kappa shape index (κ2) is 7.92. The lowest BCUT2D eigenvalue weighted by Crippen LogP contribution is -2.10. The summed E-state index contributed by atoms with van der Waals surface area (Å²) in [5, 5.41) is 12.2. The smallest absolute Gasteiger partial charge is 0.291 e. The maximum Gasteiger partial charge on any atom is 0.291 e. The Balaban J connectivity index is 1.41. The number of halogens is 2. The van der Waals surface area contributed by atoms with E-state index in [1.54, 1.807) is 58.3 Å². The molecule has 0 fully saturated rings. The molecular weight excluding hydrogens is 401 g/mol. The molecule has 0 aliphatic carbocycles. The van der Waals surface area contributed by atoms with E-state index in [1.807, 2.05) is 12.3 Å². The predicted octanol–water partition coefficient (Wildman–Crippen LogP) is 4.33. The predicted molar refractivity (Wildman–Crippen MR) is 106 cm³/mol. The van der Waals surface area contributed by atoms with Crippen LogP contribution >= 0.6 is 23.2 Å². The monoisotopic (exact) mass is 415 g/mol. The first-order valence-corrected chi connectivity index (χ1v) is 9.17. The van der Waals surface area contributed by atoms with Crippen molar-refractivity contribution in [3.8, 4) is 0 Å². The van der Waals surface area contributed by atoms with E-state index < -0.39 is 0 Å². The number of benzene rings is 1. The van der Waals surface area contributed by atoms with Crippen LogP contribution in [0.4, 0.5) is 5.69 Å². The number of nitrogens with zero attached hydrogens (tertiary/aromatic N) is 4. The van der Waals surface area contributed by atoms with Crippen molar-refractivity contribution in [3.05, 3.63) is 88.3 Å². The van der Waals surface area contributed by atoms with Gasteiger partial charge < -0.3 is 9.73 Å². The largest absolute Gasteiger partial charge is 0.454 e. The molecule has 142 valence electrons. The van der Waals surface area contributed by atoms with Gasteiger partial charge in [0, 0.05) is 34.2 Å². The van der Waals surface area contributed by atoms with Crippen molar-refractivity contribution in [1.82, 2.24) is 19.6 Å². The molecule has 4 rings (SSSR count). The molecule has 0 aliphatic rings. The minimum Gasteiger partial charge on any atom is -0.454 e. The van der Waals surface area contributed by atoms with E-state index in [-0.39, 0.29) is 11.7 Å². The summed E-state index contributed by atoms with van der Waals surface area (Å²) in [6, 6.07) is 10.5. The summed E-state index contributed by atoms with van der Waals surface area (Å²) in [6.07, 6.45) is 6.76. The number of amides is 1. The van der Waals surface area contributed by atoms with Crippen molar-refractivity contribution in [3.63, 3.8) is 0 Å². The van der Waals surface area contributed by atoms with Crippen LogP contribution in [-0.2, 0) is 13.1 Å². The zero-order valence-electron chi connectivity index (χ0n) is 14.5. The van der Waals surface area contributed by atoms with E-state index in [4.69, 9.17) is 27.6 Å². The highest BCUT2D eigenvalue weighted by Gasteiger charge is 2.14. The molecule has 1 N–H and O–H groups in total. The van der Waals surface area contributed by atoms with Crippen LogP contribution < -0.4 is 5.32 Å². The summed E-state index contributed by atoms with van der Waals surface area (Å²) in [6.45, 7) is 0.847. The van der Waals surface area contributed by atoms with Gasteiger partial charge in [0.05, 0.1) is 25.0 Å². The van der Waals surface area contributed by atoms with Gasteiger partial charge in [0.25, 0.3) is 5.91 Å². The van der Waals surface area contributed by atoms with Gasteiger partial charge in [-0.15, -0.1) is 0 Å². The van der Waals surface area contributed by atoms with E-state index in [9.17, 15) is 4.79 Å². The normalized spacial score (nSPS) is 10.9. The van der Waals surface area contributed by atoms with E-state index in [2.05, 4.69) is 15.5 Å². The standard InChI is InChI=1S/C19H15Cl2N5O2/c20-16-3-1-4-17(21)15(16)12-26-10-13(9-23-26)24-19(27)18-6-5-14(28-18)11-25-8-2-7-22-25/h1-10H,11-12H2,(H,24,27). The van der Waals surface area contributed by atoms with Crippen LogP contribution in [0.2, 0.25) is 10.0 Å². The van der Waals surface area contributed by atoms with E-state index in [0.29, 0.717) is 34.6 Å². The van der Waals surface area contributed by atoms with Crippen LogP contribution in [-0.4, -0.2) is 25.5 Å². The van der Waals surface area contributed by atoms with Crippen molar-refractivity contribution in [2.45, 2.75) is 13.1 Å². The van der Waals surface area contributed by atoms with Crippen LogP contribution in [0.15, 0.2) is 65.6 Å². The molecular formula is C19H15Cl2N5O2. The highest BCUT2D eigenvalue weighted by atomic mass is 35.5. The number of furan rings is 1. The minimum absolute atomic E-state index is 0.212. The maximum absolute atomic E-state index is 12.4. The SMILES string of the molecule is O=C(Nc1cnn(Cc2c(Cl)cccc2Cl)c1)c1ccc(Cn2cccn2)o1. The average molecular weight is 416 g/mol. The summed E-state index contributed by atoms with van der Waals surface area (Å²) in [4.78, 5) is 12.4. The summed E-state index contributed by atoms with van der Waals surface area (Å²) < 4.78 is 8.95. The van der Waals surface area contributed by atoms with Gasteiger partial charge in [-0.05, 0) is 30.3 Å². The zero-order valence-corrected chi connectivity index (χ0v) is 16.1. The molecule has 0 radical (unpaired) electrons. The van der Waals surface area contributed by atoms with Crippen LogP contribution in [0.25, 0.3) is 0 Å². The number of hydrogen-bond donors (Lipinski definition) is 1. The van der Waals surface area contributed by atoms with Gasteiger partial charge in [-0.2, -0.15) is 10.2 Å². The molecule has 0 spiro atoms. The molecule has 0 bridgehead atoms. The van der Waals surface area contributed by atoms with E-state index >= 15 is 0 Å². The molecule has 0 aliphatic heterocycles. The molecule has 0 unspecified atom stereocenters. The highest BCUT2D eigenvalue weighted by molar-refractivity contribution is 6.35. The highest BCUT2D eigenvalue weighted by Crippen LogP contribution is 2.25. The second-order valence-corrected chi connectivity index (χ2v) is 6.86. The third-order valence-electron chi connectivity index (χ3n) is 4.04. The van der Waals surface area contributed by atoms with Gasteiger partial charge in [-0.1, -0.05) is 29.3 Å². The number of rotatable bonds is 6. The molecule has 7 nitrogen and oxygen atoms in total. The molecule has 4 aromatic rings. The van der Waals surface area contributed by atoms with Crippen LogP contribution in [0.5, 0.6) is 0 Å². The Bertz CT molecular complexity index is 1080. The quantitative estimate of drug-likeness (QED) is 0.508. The third-order valence-corrected chi connectivity index (χ3v) is 4.74. The Kier molecular flexibility index (Phi) is 5.18. The van der Waals surface area contributed by atoms with Gasteiger partial charge in [0.1, 0.15) is 5.76 Å². The molecule has 1 amide bonds. The molecule has 0 saturated carbocycles. The zero-order chi connectivity index (χ0) is 19.5. The van der Waals surface area contributed by atoms with Crippen molar-refractivity contribution in [1.29, 1.82) is 0 Å². The number of anilines is 1. The lowest BCUT2D eigenvalue weighted by Gasteiger charge is -2.06. The van der Waals surface area contributed by atoms with Gasteiger partial charge in [0.15, 0.2) is 5.76 Å².